The molecule has 6 nitrogen and oxygen atoms in total. The van der Waals surface area contributed by atoms with Crippen molar-refractivity contribution >= 4 is 11.8 Å². The van der Waals surface area contributed by atoms with Crippen molar-refractivity contribution in [2.75, 3.05) is 45.9 Å². The van der Waals surface area contributed by atoms with Crippen molar-refractivity contribution in [3.8, 4) is 0 Å². The SMILES string of the molecule is O=C(NC[C@H]1c2ccccc2CCN1C(=O)CN1CCOCC1)C1CCCCC1. The molecule has 0 aromatic heterocycles. The number of fused-ring (bicyclic) bond motifs is 1. The van der Waals surface area contributed by atoms with Crippen molar-refractivity contribution in [3.05, 3.63) is 35.4 Å². The van der Waals surface area contributed by atoms with Gasteiger partial charge in [0.15, 0.2) is 0 Å². The van der Waals surface area contributed by atoms with Crippen LogP contribution in [0.15, 0.2) is 24.3 Å². The summed E-state index contributed by atoms with van der Waals surface area (Å²) >= 11 is 0. The van der Waals surface area contributed by atoms with E-state index in [2.05, 4.69) is 28.4 Å². The van der Waals surface area contributed by atoms with Gasteiger partial charge in [-0.3, -0.25) is 14.5 Å². The second-order valence-corrected chi connectivity index (χ2v) is 8.52. The molecule has 0 radical (unpaired) electrons. The minimum absolute atomic E-state index is 0.0824. The van der Waals surface area contributed by atoms with E-state index in [1.807, 2.05) is 11.0 Å². The van der Waals surface area contributed by atoms with Crippen molar-refractivity contribution in [1.82, 2.24) is 15.1 Å². The molecule has 2 aliphatic heterocycles. The molecule has 0 spiro atoms. The van der Waals surface area contributed by atoms with E-state index in [1.54, 1.807) is 0 Å². The molecular weight excluding hydrogens is 366 g/mol. The minimum Gasteiger partial charge on any atom is -0.379 e. The predicted molar refractivity (Wildman–Crippen MR) is 111 cm³/mol. The topological polar surface area (TPSA) is 61.9 Å². The molecule has 2 amide bonds. The maximum absolute atomic E-state index is 13.2. The Labute approximate surface area is 173 Å². The van der Waals surface area contributed by atoms with Gasteiger partial charge in [0, 0.05) is 32.1 Å². The van der Waals surface area contributed by atoms with E-state index in [1.165, 1.54) is 17.5 Å². The minimum atomic E-state index is -0.0824. The molecule has 0 unspecified atom stereocenters. The maximum atomic E-state index is 13.2. The third-order valence-corrected chi connectivity index (χ3v) is 6.64. The molecule has 1 atom stereocenters. The van der Waals surface area contributed by atoms with Gasteiger partial charge in [0.1, 0.15) is 0 Å². The van der Waals surface area contributed by atoms with Gasteiger partial charge >= 0.3 is 0 Å². The van der Waals surface area contributed by atoms with Gasteiger partial charge in [-0.1, -0.05) is 43.5 Å². The normalized spacial score (nSPS) is 23.4. The molecule has 158 valence electrons. The third kappa shape index (κ3) is 4.98. The van der Waals surface area contributed by atoms with E-state index >= 15 is 0 Å². The zero-order chi connectivity index (χ0) is 20.1. The van der Waals surface area contributed by atoms with Gasteiger partial charge in [-0.15, -0.1) is 0 Å². The van der Waals surface area contributed by atoms with E-state index in [0.29, 0.717) is 32.8 Å². The summed E-state index contributed by atoms with van der Waals surface area (Å²) in [6, 6.07) is 8.27. The molecule has 1 aromatic carbocycles. The molecule has 1 aromatic rings. The summed E-state index contributed by atoms with van der Waals surface area (Å²) in [5.41, 5.74) is 2.47. The first-order chi connectivity index (χ1) is 14.2. The standard InChI is InChI=1S/C23H33N3O3/c27-22(17-25-12-14-29-15-13-25)26-11-10-18-6-4-5-9-20(18)21(26)16-24-23(28)19-7-2-1-3-8-19/h4-6,9,19,21H,1-3,7-8,10-17H2,(H,24,28)/t21-/m0/s1. The zero-order valence-corrected chi connectivity index (χ0v) is 17.3. The molecule has 2 heterocycles. The smallest absolute Gasteiger partial charge is 0.237 e. The van der Waals surface area contributed by atoms with Crippen LogP contribution in [0.2, 0.25) is 0 Å². The van der Waals surface area contributed by atoms with Crippen molar-refractivity contribution in [2.45, 2.75) is 44.6 Å². The summed E-state index contributed by atoms with van der Waals surface area (Å²) in [7, 11) is 0. The number of morpholine rings is 1. The second-order valence-electron chi connectivity index (χ2n) is 8.52. The van der Waals surface area contributed by atoms with Crippen LogP contribution in [-0.4, -0.2) is 67.6 Å². The highest BCUT2D eigenvalue weighted by atomic mass is 16.5. The summed E-state index contributed by atoms with van der Waals surface area (Å²) in [5, 5.41) is 3.19. The van der Waals surface area contributed by atoms with Crippen LogP contribution in [0.5, 0.6) is 0 Å². The summed E-state index contributed by atoms with van der Waals surface area (Å²) in [5.74, 6) is 0.451. The molecule has 4 rings (SSSR count). The maximum Gasteiger partial charge on any atom is 0.237 e. The lowest BCUT2D eigenvalue weighted by Crippen LogP contribution is -2.50. The molecule has 29 heavy (non-hydrogen) atoms. The van der Waals surface area contributed by atoms with Gasteiger partial charge < -0.3 is 15.0 Å². The molecule has 1 N–H and O–H groups in total. The number of carbonyl (C=O) groups excluding carboxylic acids is 2. The lowest BCUT2D eigenvalue weighted by atomic mass is 9.88. The summed E-state index contributed by atoms with van der Waals surface area (Å²) < 4.78 is 5.40. The van der Waals surface area contributed by atoms with Gasteiger partial charge in [0.25, 0.3) is 0 Å². The third-order valence-electron chi connectivity index (χ3n) is 6.64. The Morgan fingerprint density at radius 2 is 1.79 bits per heavy atom. The van der Waals surface area contributed by atoms with Gasteiger partial charge in [-0.2, -0.15) is 0 Å². The lowest BCUT2D eigenvalue weighted by Gasteiger charge is -2.39. The number of ether oxygens (including phenoxy) is 1. The molecule has 3 aliphatic rings. The lowest BCUT2D eigenvalue weighted by molar-refractivity contribution is -0.137. The number of rotatable bonds is 5. The Balaban J connectivity index is 1.44. The fourth-order valence-corrected chi connectivity index (χ4v) is 4.92. The Hall–Kier alpha value is -1.92. The molecule has 0 bridgehead atoms. The molecule has 1 aliphatic carbocycles. The average Bonchev–Trinajstić information content (AvgIpc) is 2.78. The Bertz CT molecular complexity index is 711. The number of amides is 2. The summed E-state index contributed by atoms with van der Waals surface area (Å²) in [4.78, 5) is 30.0. The molecule has 6 heteroatoms. The quantitative estimate of drug-likeness (QED) is 0.824. The van der Waals surface area contributed by atoms with Gasteiger partial charge in [-0.25, -0.2) is 0 Å². The number of nitrogens with one attached hydrogen (secondary N) is 1. The van der Waals surface area contributed by atoms with Gasteiger partial charge in [-0.05, 0) is 30.4 Å². The van der Waals surface area contributed by atoms with Crippen LogP contribution < -0.4 is 5.32 Å². The Morgan fingerprint density at radius 1 is 1.03 bits per heavy atom. The number of carbonyl (C=O) groups is 2. The number of hydrogen-bond acceptors (Lipinski definition) is 4. The van der Waals surface area contributed by atoms with Crippen LogP contribution in [0.1, 0.15) is 49.3 Å². The largest absolute Gasteiger partial charge is 0.379 e. The zero-order valence-electron chi connectivity index (χ0n) is 17.3. The van der Waals surface area contributed by atoms with Crippen molar-refractivity contribution in [1.29, 1.82) is 0 Å². The molecular formula is C23H33N3O3. The van der Waals surface area contributed by atoms with Crippen LogP contribution in [0.4, 0.5) is 0 Å². The monoisotopic (exact) mass is 399 g/mol. The molecule has 1 saturated heterocycles. The van der Waals surface area contributed by atoms with Gasteiger partial charge in [0.2, 0.25) is 11.8 Å². The van der Waals surface area contributed by atoms with Crippen molar-refractivity contribution in [3.63, 3.8) is 0 Å². The van der Waals surface area contributed by atoms with E-state index < -0.39 is 0 Å². The molecule has 1 saturated carbocycles. The number of nitrogens with zero attached hydrogens (tertiary/aromatic N) is 2. The van der Waals surface area contributed by atoms with Crippen LogP contribution in [0.3, 0.4) is 0 Å². The van der Waals surface area contributed by atoms with E-state index in [4.69, 9.17) is 4.74 Å². The van der Waals surface area contributed by atoms with E-state index in [-0.39, 0.29) is 23.8 Å². The van der Waals surface area contributed by atoms with E-state index in [9.17, 15) is 9.59 Å². The molecule has 2 fully saturated rings. The van der Waals surface area contributed by atoms with Crippen LogP contribution >= 0.6 is 0 Å². The Kier molecular flexibility index (Phi) is 6.82. The fourth-order valence-electron chi connectivity index (χ4n) is 4.92. The highest BCUT2D eigenvalue weighted by molar-refractivity contribution is 5.80. The van der Waals surface area contributed by atoms with Crippen molar-refractivity contribution in [2.24, 2.45) is 5.92 Å². The average molecular weight is 400 g/mol. The second kappa shape index (κ2) is 9.72. The number of benzene rings is 1. The van der Waals surface area contributed by atoms with E-state index in [0.717, 1.165) is 45.2 Å². The first kappa shape index (κ1) is 20.4. The highest BCUT2D eigenvalue weighted by Crippen LogP contribution is 2.30. The van der Waals surface area contributed by atoms with Crippen LogP contribution in [-0.2, 0) is 20.7 Å². The Morgan fingerprint density at radius 3 is 2.59 bits per heavy atom. The first-order valence-corrected chi connectivity index (χ1v) is 11.2. The summed E-state index contributed by atoms with van der Waals surface area (Å²) in [6.07, 6.45) is 6.39. The highest BCUT2D eigenvalue weighted by Gasteiger charge is 2.32. The number of hydrogen-bond donors (Lipinski definition) is 1. The van der Waals surface area contributed by atoms with Gasteiger partial charge in [0.05, 0.1) is 25.8 Å². The van der Waals surface area contributed by atoms with Crippen molar-refractivity contribution < 1.29 is 14.3 Å². The fraction of sp³-hybridized carbons (Fsp3) is 0.652. The predicted octanol–water partition coefficient (Wildman–Crippen LogP) is 2.14. The first-order valence-electron chi connectivity index (χ1n) is 11.2. The van der Waals surface area contributed by atoms with Crippen LogP contribution in [0.25, 0.3) is 0 Å². The van der Waals surface area contributed by atoms with Crippen LogP contribution in [0, 0.1) is 5.92 Å². The summed E-state index contributed by atoms with van der Waals surface area (Å²) in [6.45, 7) is 4.64.